The van der Waals surface area contributed by atoms with Gasteiger partial charge < -0.3 is 14.8 Å². The highest BCUT2D eigenvalue weighted by molar-refractivity contribution is 6.31. The van der Waals surface area contributed by atoms with Crippen LogP contribution in [0.2, 0.25) is 5.02 Å². The first-order valence-electron chi connectivity index (χ1n) is 6.29. The van der Waals surface area contributed by atoms with Gasteiger partial charge in [0, 0.05) is 11.1 Å². The molecule has 106 valence electrons. The topological polar surface area (TPSA) is 62.5 Å². The minimum Gasteiger partial charge on any atom is -0.478 e. The van der Waals surface area contributed by atoms with E-state index in [1.165, 1.54) is 0 Å². The van der Waals surface area contributed by atoms with E-state index in [9.17, 15) is 4.79 Å². The van der Waals surface area contributed by atoms with Crippen molar-refractivity contribution < 1.29 is 14.3 Å². The van der Waals surface area contributed by atoms with Crippen molar-refractivity contribution in [2.45, 2.75) is 26.4 Å². The minimum absolute atomic E-state index is 0.0439. The van der Waals surface area contributed by atoms with Gasteiger partial charge in [-0.15, -0.1) is 0 Å². The number of aryl methyl sites for hydroxylation is 1. The third kappa shape index (κ3) is 3.21. The molecule has 20 heavy (non-hydrogen) atoms. The van der Waals surface area contributed by atoms with Crippen LogP contribution >= 0.6 is 11.6 Å². The molecule has 1 aromatic carbocycles. The molecule has 2 rings (SSSR count). The van der Waals surface area contributed by atoms with E-state index in [1.807, 2.05) is 31.2 Å². The Hall–Kier alpha value is -1.78. The van der Waals surface area contributed by atoms with Gasteiger partial charge in [0.15, 0.2) is 0 Å². The van der Waals surface area contributed by atoms with E-state index >= 15 is 0 Å². The fourth-order valence-corrected chi connectivity index (χ4v) is 2.33. The molecule has 2 N–H and O–H groups in total. The molecule has 2 aromatic rings. The lowest BCUT2D eigenvalue weighted by Gasteiger charge is -2.14. The van der Waals surface area contributed by atoms with E-state index in [2.05, 4.69) is 5.32 Å². The Kier molecular flexibility index (Phi) is 4.47. The molecule has 1 heterocycles. The molecular formula is C15H16ClNO3. The molecule has 0 aliphatic carbocycles. The van der Waals surface area contributed by atoms with Crippen molar-refractivity contribution in [1.82, 2.24) is 5.32 Å². The molecule has 0 radical (unpaired) electrons. The Morgan fingerprint density at radius 2 is 2.15 bits per heavy atom. The monoisotopic (exact) mass is 293 g/mol. The Morgan fingerprint density at radius 1 is 1.45 bits per heavy atom. The summed E-state index contributed by atoms with van der Waals surface area (Å²) in [5.74, 6) is 0.0372. The van der Waals surface area contributed by atoms with Crippen molar-refractivity contribution >= 4 is 17.6 Å². The summed E-state index contributed by atoms with van der Waals surface area (Å²) in [5, 5.41) is 12.9. The Balaban J connectivity index is 2.04. The van der Waals surface area contributed by atoms with Crippen molar-refractivity contribution in [1.29, 1.82) is 0 Å². The number of carboxylic acids is 1. The number of hydrogen-bond donors (Lipinski definition) is 2. The lowest BCUT2D eigenvalue weighted by atomic mass is 10.1. The van der Waals surface area contributed by atoms with E-state index in [0.29, 0.717) is 23.1 Å². The van der Waals surface area contributed by atoms with Crippen LogP contribution < -0.4 is 5.32 Å². The molecule has 0 saturated carbocycles. The molecule has 1 atom stereocenters. The number of aromatic carboxylic acids is 1. The first kappa shape index (κ1) is 14.6. The van der Waals surface area contributed by atoms with Gasteiger partial charge in [-0.05, 0) is 31.5 Å². The molecule has 0 fully saturated rings. The van der Waals surface area contributed by atoms with Gasteiger partial charge in [0.05, 0.1) is 6.54 Å². The van der Waals surface area contributed by atoms with E-state index in [0.717, 1.165) is 5.56 Å². The fraction of sp³-hybridized carbons (Fsp3) is 0.267. The first-order chi connectivity index (χ1) is 9.49. The number of benzene rings is 1. The summed E-state index contributed by atoms with van der Waals surface area (Å²) < 4.78 is 5.42. The fourth-order valence-electron chi connectivity index (χ4n) is 2.03. The lowest BCUT2D eigenvalue weighted by Crippen LogP contribution is -2.18. The second-order valence-corrected chi connectivity index (χ2v) is 5.02. The molecule has 0 saturated heterocycles. The molecular weight excluding hydrogens is 278 g/mol. The normalized spacial score (nSPS) is 12.3. The maximum atomic E-state index is 10.9. The van der Waals surface area contributed by atoms with E-state index < -0.39 is 5.97 Å². The zero-order valence-electron chi connectivity index (χ0n) is 11.3. The maximum Gasteiger partial charge on any atom is 0.339 e. The van der Waals surface area contributed by atoms with Gasteiger partial charge >= 0.3 is 5.97 Å². The number of rotatable bonds is 5. The van der Waals surface area contributed by atoms with Crippen LogP contribution in [0.25, 0.3) is 0 Å². The first-order valence-corrected chi connectivity index (χ1v) is 6.67. The van der Waals surface area contributed by atoms with Gasteiger partial charge in [0.25, 0.3) is 0 Å². The van der Waals surface area contributed by atoms with Gasteiger partial charge in [-0.25, -0.2) is 4.79 Å². The smallest absolute Gasteiger partial charge is 0.339 e. The average molecular weight is 294 g/mol. The predicted octanol–water partition coefficient (Wildman–Crippen LogP) is 3.79. The third-order valence-electron chi connectivity index (χ3n) is 3.15. The van der Waals surface area contributed by atoms with Crippen LogP contribution in [0.15, 0.2) is 34.7 Å². The summed E-state index contributed by atoms with van der Waals surface area (Å²) in [4.78, 5) is 10.9. The van der Waals surface area contributed by atoms with Gasteiger partial charge in [-0.3, -0.25) is 0 Å². The van der Waals surface area contributed by atoms with Gasteiger partial charge in [0.1, 0.15) is 17.1 Å². The zero-order valence-corrected chi connectivity index (χ0v) is 12.1. The Morgan fingerprint density at radius 3 is 2.75 bits per heavy atom. The number of halogens is 1. The van der Waals surface area contributed by atoms with Crippen molar-refractivity contribution in [2.75, 3.05) is 0 Å². The molecule has 5 heteroatoms. The summed E-state index contributed by atoms with van der Waals surface area (Å²) in [6.07, 6.45) is 0. The minimum atomic E-state index is -0.975. The third-order valence-corrected chi connectivity index (χ3v) is 3.50. The summed E-state index contributed by atoms with van der Waals surface area (Å²) in [6, 6.07) is 9.20. The molecule has 0 bridgehead atoms. The van der Waals surface area contributed by atoms with E-state index in [1.54, 1.807) is 13.0 Å². The number of carbonyl (C=O) groups is 1. The van der Waals surface area contributed by atoms with Gasteiger partial charge in [-0.1, -0.05) is 29.8 Å². The van der Waals surface area contributed by atoms with E-state index in [4.69, 9.17) is 21.1 Å². The number of nitrogens with one attached hydrogen (secondary N) is 1. The second-order valence-electron chi connectivity index (χ2n) is 4.61. The largest absolute Gasteiger partial charge is 0.478 e. The predicted molar refractivity (Wildman–Crippen MR) is 77.1 cm³/mol. The number of hydrogen-bond acceptors (Lipinski definition) is 3. The summed E-state index contributed by atoms with van der Waals surface area (Å²) >= 11 is 6.13. The number of carboxylic acid groups (broad SMARTS) is 1. The maximum absolute atomic E-state index is 10.9. The second kappa shape index (κ2) is 6.11. The molecule has 4 nitrogen and oxygen atoms in total. The van der Waals surface area contributed by atoms with Gasteiger partial charge in [0.2, 0.25) is 0 Å². The van der Waals surface area contributed by atoms with Crippen molar-refractivity contribution in [3.05, 3.63) is 58.0 Å². The quantitative estimate of drug-likeness (QED) is 0.880. The molecule has 0 spiro atoms. The van der Waals surface area contributed by atoms with Crippen LogP contribution in [0.1, 0.15) is 40.4 Å². The number of furan rings is 1. The van der Waals surface area contributed by atoms with Gasteiger partial charge in [-0.2, -0.15) is 0 Å². The highest BCUT2D eigenvalue weighted by Crippen LogP contribution is 2.23. The van der Waals surface area contributed by atoms with Crippen LogP contribution in [0, 0.1) is 6.92 Å². The lowest BCUT2D eigenvalue weighted by molar-refractivity contribution is 0.0695. The zero-order chi connectivity index (χ0) is 14.7. The van der Waals surface area contributed by atoms with Crippen molar-refractivity contribution in [2.24, 2.45) is 0 Å². The van der Waals surface area contributed by atoms with Crippen LogP contribution in [-0.2, 0) is 6.54 Å². The standard InChI is InChI=1S/C15H16ClNO3/c1-9(12-5-3-4-6-14(12)16)17-8-11-7-13(15(18)19)10(2)20-11/h3-7,9,17H,8H2,1-2H3,(H,18,19)/t9-/m0/s1. The molecule has 1 aromatic heterocycles. The summed E-state index contributed by atoms with van der Waals surface area (Å²) in [6.45, 7) is 4.08. The SMILES string of the molecule is Cc1oc(CN[C@@H](C)c2ccccc2Cl)cc1C(=O)O. The molecule has 0 aliphatic heterocycles. The average Bonchev–Trinajstić information content (AvgIpc) is 2.78. The molecule has 0 amide bonds. The van der Waals surface area contributed by atoms with Crippen molar-refractivity contribution in [3.63, 3.8) is 0 Å². The molecule has 0 unspecified atom stereocenters. The van der Waals surface area contributed by atoms with Crippen LogP contribution in [0.5, 0.6) is 0 Å². The van der Waals surface area contributed by atoms with Crippen LogP contribution in [0.3, 0.4) is 0 Å². The van der Waals surface area contributed by atoms with Crippen LogP contribution in [0.4, 0.5) is 0 Å². The van der Waals surface area contributed by atoms with E-state index in [-0.39, 0.29) is 11.6 Å². The van der Waals surface area contributed by atoms with Crippen LogP contribution in [-0.4, -0.2) is 11.1 Å². The highest BCUT2D eigenvalue weighted by Gasteiger charge is 2.15. The van der Waals surface area contributed by atoms with Crippen molar-refractivity contribution in [3.8, 4) is 0 Å². The Labute approximate surface area is 122 Å². The summed E-state index contributed by atoms with van der Waals surface area (Å²) in [5.41, 5.74) is 1.20. The Bertz CT molecular complexity index is 621. The molecule has 0 aliphatic rings. The highest BCUT2D eigenvalue weighted by atomic mass is 35.5. The summed E-state index contributed by atoms with van der Waals surface area (Å²) in [7, 11) is 0.